The van der Waals surface area contributed by atoms with E-state index in [0.29, 0.717) is 39.1 Å². The van der Waals surface area contributed by atoms with Crippen molar-refractivity contribution in [2.24, 2.45) is 0 Å². The number of hydrogen-bond donors (Lipinski definition) is 1. The minimum atomic E-state index is -0.549. The number of ether oxygens (including phenoxy) is 1. The van der Waals surface area contributed by atoms with Crippen LogP contribution in [0.25, 0.3) is 0 Å². The van der Waals surface area contributed by atoms with E-state index in [1.54, 1.807) is 38.1 Å². The fourth-order valence-corrected chi connectivity index (χ4v) is 4.73. The summed E-state index contributed by atoms with van der Waals surface area (Å²) in [7, 11) is 0. The number of carbonyl (C=O) groups is 3. The van der Waals surface area contributed by atoms with E-state index in [4.69, 9.17) is 16.3 Å². The molecule has 3 rings (SSSR count). The first kappa shape index (κ1) is 22.3. The Labute approximate surface area is 185 Å². The van der Waals surface area contributed by atoms with Crippen LogP contribution < -0.4 is 5.32 Å². The quantitative estimate of drug-likeness (QED) is 0.641. The monoisotopic (exact) mass is 448 g/mol. The smallest absolute Gasteiger partial charge is 0.341 e. The van der Waals surface area contributed by atoms with Gasteiger partial charge in [0.1, 0.15) is 5.00 Å². The topological polar surface area (TPSA) is 75.7 Å². The molecule has 2 heterocycles. The zero-order valence-electron chi connectivity index (χ0n) is 17.1. The maximum Gasteiger partial charge on any atom is 0.341 e. The molecule has 0 atom stereocenters. The minimum absolute atomic E-state index is 0.100. The second-order valence-electron chi connectivity index (χ2n) is 7.15. The van der Waals surface area contributed by atoms with Crippen LogP contribution in [-0.4, -0.2) is 42.4 Å². The minimum Gasteiger partial charge on any atom is -0.462 e. The van der Waals surface area contributed by atoms with Gasteiger partial charge in [-0.15, -0.1) is 11.3 Å². The number of halogens is 1. The normalized spacial score (nSPS) is 14.2. The van der Waals surface area contributed by atoms with Gasteiger partial charge in [-0.05, 0) is 56.5 Å². The van der Waals surface area contributed by atoms with Crippen molar-refractivity contribution in [2.45, 2.75) is 39.5 Å². The number of amides is 2. The molecular weight excluding hydrogens is 424 g/mol. The number of hydrogen-bond acceptors (Lipinski definition) is 5. The number of anilines is 1. The van der Waals surface area contributed by atoms with Gasteiger partial charge in [0.05, 0.1) is 17.0 Å². The molecule has 1 aromatic carbocycles. The van der Waals surface area contributed by atoms with Gasteiger partial charge in [-0.3, -0.25) is 9.59 Å². The maximum atomic E-state index is 13.2. The van der Waals surface area contributed by atoms with Crippen molar-refractivity contribution >= 4 is 45.7 Å². The average molecular weight is 449 g/mol. The highest BCUT2D eigenvalue weighted by atomic mass is 35.5. The van der Waals surface area contributed by atoms with Gasteiger partial charge in [0.25, 0.3) is 11.8 Å². The van der Waals surface area contributed by atoms with E-state index in [1.165, 1.54) is 0 Å². The van der Waals surface area contributed by atoms with Crippen molar-refractivity contribution in [2.75, 3.05) is 25.0 Å². The molecule has 0 radical (unpaired) electrons. The van der Waals surface area contributed by atoms with Crippen molar-refractivity contribution < 1.29 is 19.1 Å². The van der Waals surface area contributed by atoms with Gasteiger partial charge in [0.15, 0.2) is 0 Å². The van der Waals surface area contributed by atoms with E-state index in [-0.39, 0.29) is 24.0 Å². The van der Waals surface area contributed by atoms with Crippen LogP contribution in [-0.2, 0) is 4.74 Å². The molecule has 1 saturated heterocycles. The zero-order valence-corrected chi connectivity index (χ0v) is 18.7. The standard InChI is InChI=1S/C22H25ClN2O4S/c1-3-29-22(28)17-14(2)18(21(27)25-12-6-4-5-7-13-25)30-20(17)24-19(26)15-8-10-16(23)11-9-15/h8-11H,3-7,12-13H2,1-2H3,(H,24,26). The molecule has 0 bridgehead atoms. The highest BCUT2D eigenvalue weighted by Gasteiger charge is 2.29. The summed E-state index contributed by atoms with van der Waals surface area (Å²) in [4.78, 5) is 40.8. The first-order valence-electron chi connectivity index (χ1n) is 10.1. The average Bonchev–Trinajstić information content (AvgIpc) is 2.88. The van der Waals surface area contributed by atoms with Gasteiger partial charge in [0, 0.05) is 23.7 Å². The van der Waals surface area contributed by atoms with Crippen LogP contribution in [0.15, 0.2) is 24.3 Å². The number of nitrogens with one attached hydrogen (secondary N) is 1. The van der Waals surface area contributed by atoms with Crippen LogP contribution in [0.4, 0.5) is 5.00 Å². The lowest BCUT2D eigenvalue weighted by Crippen LogP contribution is -2.31. The van der Waals surface area contributed by atoms with Gasteiger partial charge in [-0.25, -0.2) is 4.79 Å². The SMILES string of the molecule is CCOC(=O)c1c(NC(=O)c2ccc(Cl)cc2)sc(C(=O)N2CCCCCC2)c1C. The van der Waals surface area contributed by atoms with Crippen molar-refractivity contribution in [3.05, 3.63) is 50.9 Å². The van der Waals surface area contributed by atoms with Crippen molar-refractivity contribution in [3.63, 3.8) is 0 Å². The summed E-state index contributed by atoms with van der Waals surface area (Å²) in [6.07, 6.45) is 4.18. The molecule has 2 amide bonds. The molecule has 0 aliphatic carbocycles. The Hall–Kier alpha value is -2.38. The van der Waals surface area contributed by atoms with Gasteiger partial charge in [-0.2, -0.15) is 0 Å². The first-order valence-corrected chi connectivity index (χ1v) is 11.3. The van der Waals surface area contributed by atoms with Gasteiger partial charge >= 0.3 is 5.97 Å². The van der Waals surface area contributed by atoms with Crippen LogP contribution in [0, 0.1) is 6.92 Å². The molecule has 0 unspecified atom stereocenters. The molecule has 1 aliphatic heterocycles. The summed E-state index contributed by atoms with van der Waals surface area (Å²) in [5.74, 6) is -1.03. The predicted molar refractivity (Wildman–Crippen MR) is 119 cm³/mol. The molecule has 6 nitrogen and oxygen atoms in total. The number of likely N-dealkylation sites (tertiary alicyclic amines) is 1. The second kappa shape index (κ2) is 10.1. The van der Waals surface area contributed by atoms with Crippen LogP contribution in [0.3, 0.4) is 0 Å². The molecular formula is C22H25ClN2O4S. The van der Waals surface area contributed by atoms with Crippen LogP contribution in [0.1, 0.15) is 68.6 Å². The Bertz CT molecular complexity index is 931. The summed E-state index contributed by atoms with van der Waals surface area (Å²) in [5.41, 5.74) is 1.18. The van der Waals surface area contributed by atoms with Gasteiger partial charge in [0.2, 0.25) is 0 Å². The molecule has 2 aromatic rings. The largest absolute Gasteiger partial charge is 0.462 e. The summed E-state index contributed by atoms with van der Waals surface area (Å²) in [6, 6.07) is 6.45. The Balaban J connectivity index is 1.93. The van der Waals surface area contributed by atoms with E-state index >= 15 is 0 Å². The predicted octanol–water partition coefficient (Wildman–Crippen LogP) is 5.16. The number of thiophene rings is 1. The lowest BCUT2D eigenvalue weighted by Gasteiger charge is -2.19. The zero-order chi connectivity index (χ0) is 21.7. The Kier molecular flexibility index (Phi) is 7.50. The number of benzene rings is 1. The third-order valence-corrected chi connectivity index (χ3v) is 6.49. The third-order valence-electron chi connectivity index (χ3n) is 5.05. The molecule has 1 N–H and O–H groups in total. The summed E-state index contributed by atoms with van der Waals surface area (Å²) in [6.45, 7) is 5.06. The molecule has 160 valence electrons. The number of nitrogens with zero attached hydrogens (tertiary/aromatic N) is 1. The molecule has 0 saturated carbocycles. The van der Waals surface area contributed by atoms with Crippen molar-refractivity contribution in [1.29, 1.82) is 0 Å². The van der Waals surface area contributed by atoms with Crippen LogP contribution in [0.2, 0.25) is 5.02 Å². The van der Waals surface area contributed by atoms with Crippen molar-refractivity contribution in [3.8, 4) is 0 Å². The van der Waals surface area contributed by atoms with Crippen molar-refractivity contribution in [1.82, 2.24) is 4.90 Å². The van der Waals surface area contributed by atoms with Gasteiger partial charge in [-0.1, -0.05) is 24.4 Å². The fraction of sp³-hybridized carbons (Fsp3) is 0.409. The van der Waals surface area contributed by atoms with Crippen LogP contribution in [0.5, 0.6) is 0 Å². The van der Waals surface area contributed by atoms with E-state index in [9.17, 15) is 14.4 Å². The maximum absolute atomic E-state index is 13.2. The third kappa shape index (κ3) is 5.02. The van der Waals surface area contributed by atoms with E-state index in [1.807, 2.05) is 4.90 Å². The fourth-order valence-electron chi connectivity index (χ4n) is 3.45. The van der Waals surface area contributed by atoms with E-state index in [0.717, 1.165) is 37.0 Å². The lowest BCUT2D eigenvalue weighted by molar-refractivity contribution is 0.0527. The molecule has 0 spiro atoms. The summed E-state index contributed by atoms with van der Waals surface area (Å²) in [5, 5.41) is 3.63. The van der Waals surface area contributed by atoms with Gasteiger partial charge < -0.3 is 15.0 Å². The Morgan fingerprint density at radius 2 is 1.73 bits per heavy atom. The highest BCUT2D eigenvalue weighted by molar-refractivity contribution is 7.18. The first-order chi connectivity index (χ1) is 14.4. The highest BCUT2D eigenvalue weighted by Crippen LogP contribution is 2.35. The molecule has 1 aromatic heterocycles. The second-order valence-corrected chi connectivity index (χ2v) is 8.61. The number of carbonyl (C=O) groups excluding carboxylic acids is 3. The lowest BCUT2D eigenvalue weighted by atomic mass is 10.1. The Morgan fingerprint density at radius 1 is 1.10 bits per heavy atom. The molecule has 8 heteroatoms. The summed E-state index contributed by atoms with van der Waals surface area (Å²) < 4.78 is 5.19. The number of esters is 1. The van der Waals surface area contributed by atoms with Crippen LogP contribution >= 0.6 is 22.9 Å². The molecule has 1 aliphatic rings. The van der Waals surface area contributed by atoms with E-state index in [2.05, 4.69) is 5.32 Å². The summed E-state index contributed by atoms with van der Waals surface area (Å²) >= 11 is 7.01. The van der Waals surface area contributed by atoms with E-state index < -0.39 is 5.97 Å². The molecule has 30 heavy (non-hydrogen) atoms. The molecule has 1 fully saturated rings. The Morgan fingerprint density at radius 3 is 2.33 bits per heavy atom. The number of rotatable bonds is 5.